The van der Waals surface area contributed by atoms with E-state index in [4.69, 9.17) is 9.47 Å². The lowest BCUT2D eigenvalue weighted by molar-refractivity contribution is -0.114. The van der Waals surface area contributed by atoms with E-state index in [9.17, 15) is 4.79 Å². The zero-order valence-electron chi connectivity index (χ0n) is 15.9. The summed E-state index contributed by atoms with van der Waals surface area (Å²) in [5, 5.41) is 5.96. The summed E-state index contributed by atoms with van der Waals surface area (Å²) in [5.41, 5.74) is 2.68. The van der Waals surface area contributed by atoms with Gasteiger partial charge in [-0.05, 0) is 48.9 Å². The fraction of sp³-hybridized carbons (Fsp3) is 0.174. The molecule has 3 aromatic rings. The number of carbonyl (C=O) groups is 1. The third-order valence-corrected chi connectivity index (χ3v) is 3.98. The minimum absolute atomic E-state index is 0.127. The van der Waals surface area contributed by atoms with Gasteiger partial charge >= 0.3 is 0 Å². The van der Waals surface area contributed by atoms with Crippen LogP contribution < -0.4 is 20.1 Å². The zero-order chi connectivity index (χ0) is 19.6. The summed E-state index contributed by atoms with van der Waals surface area (Å²) < 4.78 is 11.2. The maximum absolute atomic E-state index is 12.1. The summed E-state index contributed by atoms with van der Waals surface area (Å²) in [6.45, 7) is 3.21. The smallest absolute Gasteiger partial charge is 0.243 e. The van der Waals surface area contributed by atoms with Crippen molar-refractivity contribution < 1.29 is 14.3 Å². The first-order valence-corrected chi connectivity index (χ1v) is 9.26. The molecule has 0 radical (unpaired) electrons. The summed E-state index contributed by atoms with van der Waals surface area (Å²) in [7, 11) is 0. The van der Waals surface area contributed by atoms with E-state index in [0.29, 0.717) is 18.9 Å². The minimum atomic E-state index is -0.127. The van der Waals surface area contributed by atoms with Crippen LogP contribution in [0.25, 0.3) is 0 Å². The highest BCUT2D eigenvalue weighted by Crippen LogP contribution is 2.18. The highest BCUT2D eigenvalue weighted by Gasteiger charge is 2.04. The number of rotatable bonds is 9. The molecule has 28 heavy (non-hydrogen) atoms. The molecule has 0 aliphatic carbocycles. The normalized spacial score (nSPS) is 10.2. The van der Waals surface area contributed by atoms with Crippen molar-refractivity contribution >= 4 is 17.3 Å². The molecule has 3 aromatic carbocycles. The van der Waals surface area contributed by atoms with Gasteiger partial charge in [0.05, 0.1) is 13.2 Å². The monoisotopic (exact) mass is 376 g/mol. The van der Waals surface area contributed by atoms with E-state index in [1.807, 2.05) is 79.7 Å². The summed E-state index contributed by atoms with van der Waals surface area (Å²) in [4.78, 5) is 12.1. The van der Waals surface area contributed by atoms with Gasteiger partial charge in [0.25, 0.3) is 0 Å². The van der Waals surface area contributed by atoms with Crippen LogP contribution in [0.3, 0.4) is 0 Å². The molecule has 0 atom stereocenters. The van der Waals surface area contributed by atoms with Gasteiger partial charge in [0.2, 0.25) is 5.91 Å². The Bertz CT molecular complexity index is 880. The van der Waals surface area contributed by atoms with Crippen LogP contribution in [0.4, 0.5) is 11.4 Å². The van der Waals surface area contributed by atoms with Crippen molar-refractivity contribution in [3.05, 3.63) is 84.4 Å². The first kappa shape index (κ1) is 19.3. The molecule has 3 rings (SSSR count). The van der Waals surface area contributed by atoms with Crippen LogP contribution in [-0.2, 0) is 11.4 Å². The molecule has 144 valence electrons. The van der Waals surface area contributed by atoms with Crippen LogP contribution in [0.2, 0.25) is 0 Å². The van der Waals surface area contributed by atoms with E-state index >= 15 is 0 Å². The van der Waals surface area contributed by atoms with Gasteiger partial charge in [0.1, 0.15) is 18.1 Å². The third-order valence-electron chi connectivity index (χ3n) is 3.98. The molecule has 0 spiro atoms. The van der Waals surface area contributed by atoms with E-state index in [1.165, 1.54) is 0 Å². The van der Waals surface area contributed by atoms with Gasteiger partial charge in [-0.2, -0.15) is 0 Å². The Kier molecular flexibility index (Phi) is 6.90. The molecule has 2 N–H and O–H groups in total. The molecule has 0 saturated heterocycles. The molecule has 5 heteroatoms. The first-order valence-electron chi connectivity index (χ1n) is 9.26. The van der Waals surface area contributed by atoms with Crippen molar-refractivity contribution in [1.82, 2.24) is 0 Å². The molecule has 0 aromatic heterocycles. The number of carbonyl (C=O) groups excluding carboxylic acids is 1. The second-order valence-electron chi connectivity index (χ2n) is 6.16. The molecule has 0 aliphatic heterocycles. The van der Waals surface area contributed by atoms with E-state index in [0.717, 1.165) is 22.7 Å². The van der Waals surface area contributed by atoms with Crippen LogP contribution in [0.1, 0.15) is 12.5 Å². The number of hydrogen-bond donors (Lipinski definition) is 2. The molecule has 1 amide bonds. The second-order valence-corrected chi connectivity index (χ2v) is 6.16. The number of amides is 1. The Hall–Kier alpha value is -3.47. The number of nitrogens with one attached hydrogen (secondary N) is 2. The molecule has 0 heterocycles. The van der Waals surface area contributed by atoms with E-state index < -0.39 is 0 Å². The van der Waals surface area contributed by atoms with E-state index in [2.05, 4.69) is 10.6 Å². The van der Waals surface area contributed by atoms with Crippen molar-refractivity contribution in [3.63, 3.8) is 0 Å². The first-order chi connectivity index (χ1) is 13.7. The lowest BCUT2D eigenvalue weighted by Gasteiger charge is -2.10. The highest BCUT2D eigenvalue weighted by molar-refractivity contribution is 5.93. The quantitative estimate of drug-likeness (QED) is 0.568. The van der Waals surface area contributed by atoms with Crippen molar-refractivity contribution in [1.29, 1.82) is 0 Å². The Balaban J connectivity index is 1.45. The summed E-state index contributed by atoms with van der Waals surface area (Å²) in [6.07, 6.45) is 0. The average molecular weight is 376 g/mol. The molecular formula is C23H24N2O3. The van der Waals surface area contributed by atoms with Crippen molar-refractivity contribution in [3.8, 4) is 11.5 Å². The van der Waals surface area contributed by atoms with Crippen LogP contribution in [-0.4, -0.2) is 19.1 Å². The highest BCUT2D eigenvalue weighted by atomic mass is 16.5. The van der Waals surface area contributed by atoms with Gasteiger partial charge in [-0.3, -0.25) is 4.79 Å². The van der Waals surface area contributed by atoms with Gasteiger partial charge in [-0.1, -0.05) is 36.4 Å². The molecule has 0 saturated carbocycles. The van der Waals surface area contributed by atoms with Crippen molar-refractivity contribution in [2.24, 2.45) is 0 Å². The van der Waals surface area contributed by atoms with Crippen molar-refractivity contribution in [2.45, 2.75) is 13.5 Å². The fourth-order valence-corrected chi connectivity index (χ4v) is 2.63. The maximum Gasteiger partial charge on any atom is 0.243 e. The number of anilines is 2. The Morgan fingerprint density at radius 3 is 2.36 bits per heavy atom. The van der Waals surface area contributed by atoms with Crippen LogP contribution >= 0.6 is 0 Å². The van der Waals surface area contributed by atoms with Gasteiger partial charge in [-0.15, -0.1) is 0 Å². The molecule has 0 fully saturated rings. The predicted octanol–water partition coefficient (Wildman–Crippen LogP) is 4.71. The SMILES string of the molecule is CCOc1cccc(NC(=O)CNc2ccc(OCc3ccccc3)cc2)c1. The van der Waals surface area contributed by atoms with Gasteiger partial charge in [0, 0.05) is 17.4 Å². The number of hydrogen-bond acceptors (Lipinski definition) is 4. The number of ether oxygens (including phenoxy) is 2. The lowest BCUT2D eigenvalue weighted by Crippen LogP contribution is -2.21. The van der Waals surface area contributed by atoms with Crippen molar-refractivity contribution in [2.75, 3.05) is 23.8 Å². The fourth-order valence-electron chi connectivity index (χ4n) is 2.63. The van der Waals surface area contributed by atoms with E-state index in [1.54, 1.807) is 6.07 Å². The Morgan fingerprint density at radius 2 is 1.61 bits per heavy atom. The zero-order valence-corrected chi connectivity index (χ0v) is 15.9. The second kappa shape index (κ2) is 10.0. The molecule has 0 bridgehead atoms. The topological polar surface area (TPSA) is 59.6 Å². The van der Waals surface area contributed by atoms with Crippen LogP contribution in [0.5, 0.6) is 11.5 Å². The van der Waals surface area contributed by atoms with E-state index in [-0.39, 0.29) is 12.5 Å². The largest absolute Gasteiger partial charge is 0.494 e. The molecule has 5 nitrogen and oxygen atoms in total. The molecular weight excluding hydrogens is 352 g/mol. The summed E-state index contributed by atoms with van der Waals surface area (Å²) in [5.74, 6) is 1.39. The predicted molar refractivity (Wildman–Crippen MR) is 112 cm³/mol. The summed E-state index contributed by atoms with van der Waals surface area (Å²) in [6, 6.07) is 24.9. The summed E-state index contributed by atoms with van der Waals surface area (Å²) >= 11 is 0. The van der Waals surface area contributed by atoms with Crippen LogP contribution in [0, 0.1) is 0 Å². The Labute approximate surface area is 165 Å². The third kappa shape index (κ3) is 6.06. The van der Waals surface area contributed by atoms with Gasteiger partial charge < -0.3 is 20.1 Å². The maximum atomic E-state index is 12.1. The number of benzene rings is 3. The molecule has 0 unspecified atom stereocenters. The molecule has 0 aliphatic rings. The Morgan fingerprint density at radius 1 is 0.821 bits per heavy atom. The standard InChI is InChI=1S/C23H24N2O3/c1-2-27-22-10-6-9-20(15-22)25-23(26)16-24-19-11-13-21(14-12-19)28-17-18-7-4-3-5-8-18/h3-15,24H,2,16-17H2,1H3,(H,25,26). The van der Waals surface area contributed by atoms with Gasteiger partial charge in [0.15, 0.2) is 0 Å². The lowest BCUT2D eigenvalue weighted by atomic mass is 10.2. The minimum Gasteiger partial charge on any atom is -0.494 e. The average Bonchev–Trinajstić information content (AvgIpc) is 2.73. The van der Waals surface area contributed by atoms with Crippen LogP contribution in [0.15, 0.2) is 78.9 Å². The van der Waals surface area contributed by atoms with Gasteiger partial charge in [-0.25, -0.2) is 0 Å².